The molecule has 98 valence electrons. The van der Waals surface area contributed by atoms with Crippen LogP contribution in [0.4, 0.5) is 0 Å². The quantitative estimate of drug-likeness (QED) is 0.799. The van der Waals surface area contributed by atoms with Gasteiger partial charge in [0.2, 0.25) is 5.91 Å². The topological polar surface area (TPSA) is 32.3 Å². The molecule has 2 unspecified atom stereocenters. The Hall–Kier alpha value is -0.570. The van der Waals surface area contributed by atoms with Crippen LogP contribution < -0.4 is 5.32 Å². The van der Waals surface area contributed by atoms with E-state index in [4.69, 9.17) is 0 Å². The molecule has 0 aromatic rings. The summed E-state index contributed by atoms with van der Waals surface area (Å²) in [6, 6.07) is 0.934. The Morgan fingerprint density at radius 3 is 2.59 bits per heavy atom. The second kappa shape index (κ2) is 4.97. The molecule has 1 N–H and O–H groups in total. The maximum atomic E-state index is 12.8. The van der Waals surface area contributed by atoms with Crippen molar-refractivity contribution in [3.05, 3.63) is 0 Å². The van der Waals surface area contributed by atoms with Crippen LogP contribution in [0.2, 0.25) is 0 Å². The van der Waals surface area contributed by atoms with E-state index in [0.717, 1.165) is 32.4 Å². The first-order chi connectivity index (χ1) is 8.08. The molecule has 2 heterocycles. The van der Waals surface area contributed by atoms with Gasteiger partial charge in [0.05, 0.1) is 0 Å². The lowest BCUT2D eigenvalue weighted by Crippen LogP contribution is -2.51. The normalized spacial score (nSPS) is 32.8. The van der Waals surface area contributed by atoms with Crippen LogP contribution in [0.5, 0.6) is 0 Å². The van der Waals surface area contributed by atoms with Gasteiger partial charge in [-0.3, -0.25) is 4.79 Å². The second-order valence-corrected chi connectivity index (χ2v) is 6.01. The van der Waals surface area contributed by atoms with E-state index in [9.17, 15) is 4.79 Å². The summed E-state index contributed by atoms with van der Waals surface area (Å²) >= 11 is 0. The minimum Gasteiger partial charge on any atom is -0.337 e. The molecular weight excluding hydrogens is 212 g/mol. The molecule has 2 rings (SSSR count). The third-order valence-corrected chi connectivity index (χ3v) is 4.72. The van der Waals surface area contributed by atoms with Crippen molar-refractivity contribution in [2.45, 2.75) is 65.0 Å². The lowest BCUT2D eigenvalue weighted by atomic mass is 9.79. The summed E-state index contributed by atoms with van der Waals surface area (Å²) in [4.78, 5) is 15.0. The maximum absolute atomic E-state index is 12.8. The zero-order chi connectivity index (χ0) is 12.5. The Kier molecular flexibility index (Phi) is 3.76. The zero-order valence-corrected chi connectivity index (χ0v) is 11.5. The van der Waals surface area contributed by atoms with Gasteiger partial charge in [-0.25, -0.2) is 0 Å². The lowest BCUT2D eigenvalue weighted by Gasteiger charge is -2.39. The minimum atomic E-state index is -0.114. The number of carbonyl (C=O) groups excluding carboxylic acids is 1. The summed E-state index contributed by atoms with van der Waals surface area (Å²) in [6.45, 7) is 8.54. The van der Waals surface area contributed by atoms with Gasteiger partial charge in [-0.1, -0.05) is 13.8 Å². The molecule has 0 spiro atoms. The Morgan fingerprint density at radius 1 is 1.35 bits per heavy atom. The summed E-state index contributed by atoms with van der Waals surface area (Å²) in [7, 11) is 0. The minimum absolute atomic E-state index is 0.114. The summed E-state index contributed by atoms with van der Waals surface area (Å²) in [6.07, 6.45) is 5.46. The Labute approximate surface area is 105 Å². The molecule has 2 saturated heterocycles. The number of piperidine rings is 1. The highest BCUT2D eigenvalue weighted by molar-refractivity contribution is 5.83. The first-order valence-electron chi connectivity index (χ1n) is 7.12. The van der Waals surface area contributed by atoms with Gasteiger partial charge < -0.3 is 10.2 Å². The van der Waals surface area contributed by atoms with Crippen molar-refractivity contribution in [1.29, 1.82) is 0 Å². The third-order valence-electron chi connectivity index (χ3n) is 4.72. The van der Waals surface area contributed by atoms with Crippen LogP contribution >= 0.6 is 0 Å². The van der Waals surface area contributed by atoms with Gasteiger partial charge in [0.15, 0.2) is 0 Å². The highest BCUT2D eigenvalue weighted by Crippen LogP contribution is 2.36. The van der Waals surface area contributed by atoms with E-state index in [2.05, 4.69) is 31.0 Å². The molecule has 17 heavy (non-hydrogen) atoms. The van der Waals surface area contributed by atoms with E-state index in [1.165, 1.54) is 12.8 Å². The van der Waals surface area contributed by atoms with Crippen molar-refractivity contribution < 1.29 is 4.79 Å². The van der Waals surface area contributed by atoms with Crippen LogP contribution in [0.3, 0.4) is 0 Å². The van der Waals surface area contributed by atoms with Crippen molar-refractivity contribution >= 4 is 5.91 Å². The van der Waals surface area contributed by atoms with Gasteiger partial charge in [-0.15, -0.1) is 0 Å². The first kappa shape index (κ1) is 12.9. The number of rotatable bonds is 2. The lowest BCUT2D eigenvalue weighted by molar-refractivity contribution is -0.145. The zero-order valence-electron chi connectivity index (χ0n) is 11.5. The molecular formula is C14H26N2O. The molecule has 0 radical (unpaired) electrons. The molecule has 0 aliphatic carbocycles. The van der Waals surface area contributed by atoms with E-state index in [0.29, 0.717) is 18.0 Å². The molecule has 0 aromatic heterocycles. The molecule has 0 bridgehead atoms. The summed E-state index contributed by atoms with van der Waals surface area (Å²) in [5.41, 5.74) is -0.114. The molecule has 0 aromatic carbocycles. The average molecular weight is 238 g/mol. The Bertz CT molecular complexity index is 284. The van der Waals surface area contributed by atoms with Gasteiger partial charge in [-0.05, 0) is 52.1 Å². The summed E-state index contributed by atoms with van der Waals surface area (Å²) in [5, 5.41) is 3.35. The van der Waals surface area contributed by atoms with E-state index in [-0.39, 0.29) is 5.41 Å². The highest BCUT2D eigenvalue weighted by atomic mass is 16.2. The van der Waals surface area contributed by atoms with Gasteiger partial charge >= 0.3 is 0 Å². The average Bonchev–Trinajstić information content (AvgIpc) is 2.70. The number of nitrogens with zero attached hydrogens (tertiary/aromatic N) is 1. The summed E-state index contributed by atoms with van der Waals surface area (Å²) in [5.74, 6) is 0.413. The van der Waals surface area contributed by atoms with Gasteiger partial charge in [0, 0.05) is 17.5 Å². The van der Waals surface area contributed by atoms with Crippen molar-refractivity contribution in [1.82, 2.24) is 10.2 Å². The molecule has 2 aliphatic rings. The standard InChI is InChI=1S/C14H26N2O/c1-4-12-6-5-11(2)16(12)13(17)14(3)7-9-15-10-8-14/h11-12,15H,4-10H2,1-3H3. The van der Waals surface area contributed by atoms with E-state index in [1.807, 2.05) is 0 Å². The van der Waals surface area contributed by atoms with Crippen LogP contribution in [0.15, 0.2) is 0 Å². The van der Waals surface area contributed by atoms with Gasteiger partial charge in [0.25, 0.3) is 0 Å². The molecule has 3 nitrogen and oxygen atoms in total. The Balaban J connectivity index is 2.12. The number of nitrogens with one attached hydrogen (secondary N) is 1. The fourth-order valence-corrected chi connectivity index (χ4v) is 3.34. The number of hydrogen-bond donors (Lipinski definition) is 1. The predicted molar refractivity (Wildman–Crippen MR) is 69.8 cm³/mol. The van der Waals surface area contributed by atoms with Crippen molar-refractivity contribution in [2.75, 3.05) is 13.1 Å². The largest absolute Gasteiger partial charge is 0.337 e. The number of hydrogen-bond acceptors (Lipinski definition) is 2. The SMILES string of the molecule is CCC1CCC(C)N1C(=O)C1(C)CCNCC1. The fourth-order valence-electron chi connectivity index (χ4n) is 3.34. The van der Waals surface area contributed by atoms with E-state index >= 15 is 0 Å². The molecule has 0 saturated carbocycles. The highest BCUT2D eigenvalue weighted by Gasteiger charge is 2.43. The monoisotopic (exact) mass is 238 g/mol. The maximum Gasteiger partial charge on any atom is 0.229 e. The van der Waals surface area contributed by atoms with Gasteiger partial charge in [-0.2, -0.15) is 0 Å². The molecule has 3 heteroatoms. The van der Waals surface area contributed by atoms with Crippen molar-refractivity contribution in [3.63, 3.8) is 0 Å². The fraction of sp³-hybridized carbons (Fsp3) is 0.929. The van der Waals surface area contributed by atoms with Crippen LogP contribution in [0.25, 0.3) is 0 Å². The van der Waals surface area contributed by atoms with Crippen LogP contribution in [0, 0.1) is 5.41 Å². The van der Waals surface area contributed by atoms with Crippen molar-refractivity contribution in [3.8, 4) is 0 Å². The first-order valence-corrected chi connectivity index (χ1v) is 7.12. The number of amides is 1. The Morgan fingerprint density at radius 2 is 2.00 bits per heavy atom. The van der Waals surface area contributed by atoms with Gasteiger partial charge in [0.1, 0.15) is 0 Å². The third kappa shape index (κ3) is 2.35. The van der Waals surface area contributed by atoms with E-state index < -0.39 is 0 Å². The smallest absolute Gasteiger partial charge is 0.229 e. The number of likely N-dealkylation sites (tertiary alicyclic amines) is 1. The number of carbonyl (C=O) groups is 1. The van der Waals surface area contributed by atoms with Crippen molar-refractivity contribution in [2.24, 2.45) is 5.41 Å². The second-order valence-electron chi connectivity index (χ2n) is 6.01. The molecule has 1 amide bonds. The molecule has 2 aliphatic heterocycles. The van der Waals surface area contributed by atoms with E-state index in [1.54, 1.807) is 0 Å². The van der Waals surface area contributed by atoms with Crippen LogP contribution in [-0.4, -0.2) is 36.0 Å². The van der Waals surface area contributed by atoms with Crippen LogP contribution in [0.1, 0.15) is 52.9 Å². The van der Waals surface area contributed by atoms with Crippen LogP contribution in [-0.2, 0) is 4.79 Å². The predicted octanol–water partition coefficient (Wildman–Crippen LogP) is 2.17. The summed E-state index contributed by atoms with van der Waals surface area (Å²) < 4.78 is 0. The molecule has 2 atom stereocenters. The molecule has 2 fully saturated rings.